The number of rotatable bonds is 4. The second kappa shape index (κ2) is 7.69. The van der Waals surface area contributed by atoms with Crippen LogP contribution >= 0.6 is 11.3 Å². The van der Waals surface area contributed by atoms with Crippen LogP contribution in [0.15, 0.2) is 54.7 Å². The average Bonchev–Trinajstić information content (AvgIpc) is 3.41. The van der Waals surface area contributed by atoms with Crippen LogP contribution in [0.4, 0.5) is 4.39 Å². The second-order valence-corrected chi connectivity index (χ2v) is 8.71. The van der Waals surface area contributed by atoms with Crippen molar-refractivity contribution in [2.45, 2.75) is 31.7 Å². The molecule has 0 bridgehead atoms. The van der Waals surface area contributed by atoms with Crippen LogP contribution in [0.5, 0.6) is 0 Å². The minimum atomic E-state index is -0.248. The highest BCUT2D eigenvalue weighted by Gasteiger charge is 2.27. The molecule has 3 heterocycles. The summed E-state index contributed by atoms with van der Waals surface area (Å²) in [6.45, 7) is 4.23. The number of para-hydroxylation sites is 1. The summed E-state index contributed by atoms with van der Waals surface area (Å²) in [5.74, 6) is 0.334. The fraction of sp³-hybridized carbons (Fsp3) is 0.304. The van der Waals surface area contributed by atoms with E-state index in [1.165, 1.54) is 33.9 Å². The molecular formula is C23H23FN4S. The van der Waals surface area contributed by atoms with E-state index < -0.39 is 0 Å². The van der Waals surface area contributed by atoms with Gasteiger partial charge in [0.25, 0.3) is 0 Å². The number of piperidine rings is 1. The molecule has 29 heavy (non-hydrogen) atoms. The van der Waals surface area contributed by atoms with Crippen molar-refractivity contribution >= 4 is 22.2 Å². The van der Waals surface area contributed by atoms with Crippen molar-refractivity contribution in [1.82, 2.24) is 20.1 Å². The van der Waals surface area contributed by atoms with Gasteiger partial charge in [-0.15, -0.1) is 10.2 Å². The average molecular weight is 407 g/mol. The smallest absolute Gasteiger partial charge is 0.150 e. The largest absolute Gasteiger partial charge is 0.361 e. The summed E-state index contributed by atoms with van der Waals surface area (Å²) in [4.78, 5) is 5.88. The van der Waals surface area contributed by atoms with Crippen LogP contribution in [-0.4, -0.2) is 33.2 Å². The van der Waals surface area contributed by atoms with Gasteiger partial charge in [0.15, 0.2) is 5.01 Å². The van der Waals surface area contributed by atoms with Crippen LogP contribution in [0.2, 0.25) is 0 Å². The zero-order chi connectivity index (χ0) is 19.8. The molecule has 4 aromatic rings. The van der Waals surface area contributed by atoms with Gasteiger partial charge in [-0.2, -0.15) is 0 Å². The maximum atomic E-state index is 14.1. The molecule has 6 heteroatoms. The Labute approximate surface area is 173 Å². The molecule has 0 amide bonds. The minimum absolute atomic E-state index is 0.192. The van der Waals surface area contributed by atoms with E-state index in [1.54, 1.807) is 12.1 Å². The Morgan fingerprint density at radius 2 is 1.83 bits per heavy atom. The van der Waals surface area contributed by atoms with Gasteiger partial charge in [0.1, 0.15) is 10.8 Å². The van der Waals surface area contributed by atoms with Gasteiger partial charge in [0.2, 0.25) is 0 Å². The topological polar surface area (TPSA) is 44.8 Å². The highest BCUT2D eigenvalue weighted by molar-refractivity contribution is 7.14. The normalized spacial score (nSPS) is 17.0. The van der Waals surface area contributed by atoms with Gasteiger partial charge in [0, 0.05) is 22.7 Å². The molecule has 5 rings (SSSR count). The van der Waals surface area contributed by atoms with Crippen LogP contribution < -0.4 is 0 Å². The Balaban J connectivity index is 1.28. The summed E-state index contributed by atoms with van der Waals surface area (Å²) in [6.07, 6.45) is 4.44. The molecule has 148 valence electrons. The van der Waals surface area contributed by atoms with Crippen molar-refractivity contribution < 1.29 is 4.39 Å². The summed E-state index contributed by atoms with van der Waals surface area (Å²) in [5, 5.41) is 11.6. The molecule has 0 unspecified atom stereocenters. The predicted molar refractivity (Wildman–Crippen MR) is 116 cm³/mol. The lowest BCUT2D eigenvalue weighted by molar-refractivity contribution is 0.162. The number of aromatic amines is 1. The SMILES string of the molecule is C[C@@H](c1nnc(-c2ccccc2F)s1)N1CCC(c2c[nH]c3ccccc23)CC1. The van der Waals surface area contributed by atoms with E-state index >= 15 is 0 Å². The molecule has 0 aliphatic carbocycles. The monoisotopic (exact) mass is 406 g/mol. The van der Waals surface area contributed by atoms with Crippen molar-refractivity contribution in [3.63, 3.8) is 0 Å². The van der Waals surface area contributed by atoms with Gasteiger partial charge in [-0.3, -0.25) is 4.90 Å². The molecule has 1 saturated heterocycles. The van der Waals surface area contributed by atoms with Crippen LogP contribution in [0.3, 0.4) is 0 Å². The Hall–Kier alpha value is -2.57. The summed E-state index contributed by atoms with van der Waals surface area (Å²) in [5.41, 5.74) is 3.18. The molecule has 0 radical (unpaired) electrons. The van der Waals surface area contributed by atoms with E-state index in [4.69, 9.17) is 0 Å². The third-order valence-electron chi connectivity index (χ3n) is 6.04. The van der Waals surface area contributed by atoms with Crippen molar-refractivity contribution in [1.29, 1.82) is 0 Å². The number of halogens is 1. The summed E-state index contributed by atoms with van der Waals surface area (Å²) in [7, 11) is 0. The van der Waals surface area contributed by atoms with E-state index in [0.717, 1.165) is 30.9 Å². The zero-order valence-corrected chi connectivity index (χ0v) is 17.1. The molecule has 0 spiro atoms. The van der Waals surface area contributed by atoms with Crippen molar-refractivity contribution in [3.8, 4) is 10.6 Å². The summed E-state index contributed by atoms with van der Waals surface area (Å²) >= 11 is 1.49. The Kier molecular flexibility index (Phi) is 4.89. The Morgan fingerprint density at radius 1 is 1.07 bits per heavy atom. The molecule has 0 saturated carbocycles. The lowest BCUT2D eigenvalue weighted by Crippen LogP contribution is -2.35. The number of hydrogen-bond acceptors (Lipinski definition) is 4. The van der Waals surface area contributed by atoms with Gasteiger partial charge in [0.05, 0.1) is 6.04 Å². The number of fused-ring (bicyclic) bond motifs is 1. The second-order valence-electron chi connectivity index (χ2n) is 7.70. The minimum Gasteiger partial charge on any atom is -0.361 e. The maximum absolute atomic E-state index is 14.1. The maximum Gasteiger partial charge on any atom is 0.150 e. The van der Waals surface area contributed by atoms with Gasteiger partial charge in [-0.25, -0.2) is 4.39 Å². The summed E-state index contributed by atoms with van der Waals surface area (Å²) < 4.78 is 14.1. The zero-order valence-electron chi connectivity index (χ0n) is 16.3. The fourth-order valence-electron chi connectivity index (χ4n) is 4.33. The van der Waals surface area contributed by atoms with Crippen LogP contribution in [0.25, 0.3) is 21.5 Å². The quantitative estimate of drug-likeness (QED) is 0.468. The molecule has 2 aromatic carbocycles. The first-order valence-electron chi connectivity index (χ1n) is 10.1. The molecule has 2 aromatic heterocycles. The van der Waals surface area contributed by atoms with Crippen molar-refractivity contribution in [3.05, 3.63) is 71.1 Å². The van der Waals surface area contributed by atoms with Crippen molar-refractivity contribution in [2.24, 2.45) is 0 Å². The van der Waals surface area contributed by atoms with Gasteiger partial charge in [-0.05, 0) is 62.5 Å². The van der Waals surface area contributed by atoms with Crippen LogP contribution in [-0.2, 0) is 0 Å². The van der Waals surface area contributed by atoms with Gasteiger partial charge in [-0.1, -0.05) is 41.7 Å². The highest BCUT2D eigenvalue weighted by atomic mass is 32.1. The standard InChI is InChI=1S/C23H23FN4S/c1-15(22-26-27-23(29-22)18-7-2-4-8-20(18)24)28-12-10-16(11-13-28)19-14-25-21-9-5-3-6-17(19)21/h2-9,14-16,25H,10-13H2,1H3/t15-/m0/s1. The first kappa shape index (κ1) is 18.5. The number of likely N-dealkylation sites (tertiary alicyclic amines) is 1. The van der Waals surface area contributed by atoms with E-state index in [-0.39, 0.29) is 11.9 Å². The molecule has 1 atom stereocenters. The Morgan fingerprint density at radius 3 is 2.66 bits per heavy atom. The number of nitrogens with zero attached hydrogens (tertiary/aromatic N) is 3. The third kappa shape index (κ3) is 3.47. The van der Waals surface area contributed by atoms with E-state index in [1.807, 2.05) is 6.07 Å². The number of nitrogens with one attached hydrogen (secondary N) is 1. The fourth-order valence-corrected chi connectivity index (χ4v) is 5.29. The van der Waals surface area contributed by atoms with E-state index in [2.05, 4.69) is 57.5 Å². The van der Waals surface area contributed by atoms with Crippen molar-refractivity contribution in [2.75, 3.05) is 13.1 Å². The highest BCUT2D eigenvalue weighted by Crippen LogP contribution is 2.37. The third-order valence-corrected chi connectivity index (χ3v) is 7.17. The van der Waals surface area contributed by atoms with Gasteiger partial charge < -0.3 is 4.98 Å². The molecular weight excluding hydrogens is 383 g/mol. The molecule has 4 nitrogen and oxygen atoms in total. The first-order chi connectivity index (χ1) is 14.2. The van der Waals surface area contributed by atoms with Crippen LogP contribution in [0.1, 0.15) is 42.3 Å². The van der Waals surface area contributed by atoms with E-state index in [9.17, 15) is 4.39 Å². The number of benzene rings is 2. The molecule has 1 aliphatic rings. The molecule has 1 fully saturated rings. The lowest BCUT2D eigenvalue weighted by Gasteiger charge is -2.35. The van der Waals surface area contributed by atoms with Crippen LogP contribution in [0, 0.1) is 5.82 Å². The molecule has 1 N–H and O–H groups in total. The lowest BCUT2D eigenvalue weighted by atomic mass is 9.89. The first-order valence-corrected chi connectivity index (χ1v) is 10.9. The number of aromatic nitrogens is 3. The predicted octanol–water partition coefficient (Wildman–Crippen LogP) is 5.77. The number of H-pyrrole nitrogens is 1. The Bertz CT molecular complexity index is 1130. The van der Waals surface area contributed by atoms with Gasteiger partial charge >= 0.3 is 0 Å². The molecule has 1 aliphatic heterocycles. The number of hydrogen-bond donors (Lipinski definition) is 1. The van der Waals surface area contributed by atoms with E-state index in [0.29, 0.717) is 16.5 Å². The summed E-state index contributed by atoms with van der Waals surface area (Å²) in [6, 6.07) is 15.5.